The molecule has 0 radical (unpaired) electrons. The number of pyridine rings is 1. The first-order chi connectivity index (χ1) is 7.70. The molecule has 0 fully saturated rings. The maximum Gasteiger partial charge on any atom is 0.199 e. The molecule has 16 heavy (non-hydrogen) atoms. The second-order valence-electron chi connectivity index (χ2n) is 3.16. The summed E-state index contributed by atoms with van der Waals surface area (Å²) in [5, 5.41) is 0. The van der Waals surface area contributed by atoms with Crippen LogP contribution in [0, 0.1) is 11.6 Å². The fourth-order valence-electron chi connectivity index (χ4n) is 1.35. The number of aromatic nitrogens is 1. The number of hydrogen-bond acceptors (Lipinski definition) is 2. The molecule has 4 heteroatoms. The molecule has 0 bridgehead atoms. The molecule has 1 aromatic heterocycles. The quantitative estimate of drug-likeness (QED) is 0.726. The fraction of sp³-hybridized carbons (Fsp3) is 0. The summed E-state index contributed by atoms with van der Waals surface area (Å²) >= 11 is 0. The summed E-state index contributed by atoms with van der Waals surface area (Å²) in [7, 11) is 0. The summed E-state index contributed by atoms with van der Waals surface area (Å²) in [5.41, 5.74) is -0.326. The van der Waals surface area contributed by atoms with E-state index in [9.17, 15) is 13.6 Å². The van der Waals surface area contributed by atoms with Crippen LogP contribution in [0.3, 0.4) is 0 Å². The van der Waals surface area contributed by atoms with Gasteiger partial charge in [-0.25, -0.2) is 8.78 Å². The van der Waals surface area contributed by atoms with Gasteiger partial charge in [0.2, 0.25) is 0 Å². The zero-order chi connectivity index (χ0) is 11.5. The van der Waals surface area contributed by atoms with Crippen LogP contribution in [0.1, 0.15) is 15.9 Å². The Balaban J connectivity index is 2.48. The number of carbonyl (C=O) groups is 1. The number of nitrogens with zero attached hydrogens (tertiary/aromatic N) is 1. The minimum Gasteiger partial charge on any atom is -0.288 e. The van der Waals surface area contributed by atoms with Crippen molar-refractivity contribution >= 4 is 5.78 Å². The highest BCUT2D eigenvalue weighted by Crippen LogP contribution is 2.14. The molecule has 0 amide bonds. The Labute approximate surface area is 90.6 Å². The van der Waals surface area contributed by atoms with Crippen molar-refractivity contribution in [2.24, 2.45) is 0 Å². The van der Waals surface area contributed by atoms with E-state index in [1.54, 1.807) is 0 Å². The van der Waals surface area contributed by atoms with Crippen molar-refractivity contribution in [2.45, 2.75) is 0 Å². The predicted molar refractivity (Wildman–Crippen MR) is 54.0 cm³/mol. The molecule has 2 nitrogen and oxygen atoms in total. The van der Waals surface area contributed by atoms with Gasteiger partial charge in [-0.1, -0.05) is 12.1 Å². The molecule has 0 aliphatic carbocycles. The van der Waals surface area contributed by atoms with Crippen LogP contribution in [0.4, 0.5) is 8.78 Å². The van der Waals surface area contributed by atoms with Gasteiger partial charge in [0, 0.05) is 6.20 Å². The van der Waals surface area contributed by atoms with Crippen LogP contribution in [-0.2, 0) is 0 Å². The highest BCUT2D eigenvalue weighted by Gasteiger charge is 2.16. The molecule has 0 N–H and O–H groups in total. The number of hydrogen-bond donors (Lipinski definition) is 0. The maximum atomic E-state index is 13.3. The smallest absolute Gasteiger partial charge is 0.199 e. The highest BCUT2D eigenvalue weighted by molar-refractivity contribution is 6.09. The molecule has 0 aliphatic rings. The molecule has 0 saturated heterocycles. The van der Waals surface area contributed by atoms with Crippen molar-refractivity contribution in [1.82, 2.24) is 4.98 Å². The van der Waals surface area contributed by atoms with Crippen LogP contribution in [0.2, 0.25) is 0 Å². The van der Waals surface area contributed by atoms with Crippen molar-refractivity contribution in [3.8, 4) is 0 Å². The van der Waals surface area contributed by atoms with Crippen molar-refractivity contribution in [3.05, 3.63) is 65.5 Å². The van der Waals surface area contributed by atoms with E-state index < -0.39 is 17.4 Å². The summed E-state index contributed by atoms with van der Waals surface area (Å²) < 4.78 is 26.6. The van der Waals surface area contributed by atoms with E-state index in [-0.39, 0.29) is 11.1 Å². The van der Waals surface area contributed by atoms with Gasteiger partial charge >= 0.3 is 0 Å². The van der Waals surface area contributed by atoms with Gasteiger partial charge in [0.1, 0.15) is 5.82 Å². The second kappa shape index (κ2) is 4.18. The number of carbonyl (C=O) groups excluding carboxylic acids is 1. The molecular weight excluding hydrogens is 212 g/mol. The minimum atomic E-state index is -0.754. The first-order valence-corrected chi connectivity index (χ1v) is 4.59. The van der Waals surface area contributed by atoms with E-state index in [2.05, 4.69) is 4.98 Å². The fourth-order valence-corrected chi connectivity index (χ4v) is 1.35. The molecule has 2 aromatic rings. The molecule has 1 heterocycles. The third-order valence-corrected chi connectivity index (χ3v) is 2.14. The van der Waals surface area contributed by atoms with Crippen molar-refractivity contribution in [1.29, 1.82) is 0 Å². The second-order valence-corrected chi connectivity index (χ2v) is 3.16. The Morgan fingerprint density at radius 3 is 2.38 bits per heavy atom. The summed E-state index contributed by atoms with van der Waals surface area (Å²) in [6, 6.07) is 6.69. The lowest BCUT2D eigenvalue weighted by Gasteiger charge is -2.02. The normalized spacial score (nSPS) is 10.1. The highest BCUT2D eigenvalue weighted by atomic mass is 19.1. The van der Waals surface area contributed by atoms with Crippen LogP contribution in [-0.4, -0.2) is 10.8 Å². The lowest BCUT2D eigenvalue weighted by Crippen LogP contribution is -2.06. The van der Waals surface area contributed by atoms with Crippen LogP contribution >= 0.6 is 0 Å². The maximum absolute atomic E-state index is 13.3. The van der Waals surface area contributed by atoms with Gasteiger partial charge in [-0.2, -0.15) is 0 Å². The van der Waals surface area contributed by atoms with E-state index in [0.29, 0.717) is 0 Å². The zero-order valence-electron chi connectivity index (χ0n) is 8.15. The first kappa shape index (κ1) is 10.4. The number of halogens is 2. The molecule has 0 aliphatic heterocycles. The predicted octanol–water partition coefficient (Wildman–Crippen LogP) is 2.59. The molecule has 0 spiro atoms. The van der Waals surface area contributed by atoms with Crippen LogP contribution in [0.25, 0.3) is 0 Å². The monoisotopic (exact) mass is 219 g/mol. The van der Waals surface area contributed by atoms with E-state index >= 15 is 0 Å². The number of ketones is 1. The van der Waals surface area contributed by atoms with Gasteiger partial charge in [-0.05, 0) is 18.2 Å². The SMILES string of the molecule is O=C(c1ccccc1F)c1ccncc1F. The zero-order valence-corrected chi connectivity index (χ0v) is 8.15. The summed E-state index contributed by atoms with van der Waals surface area (Å²) in [4.78, 5) is 15.3. The van der Waals surface area contributed by atoms with Crippen LogP contribution in [0.5, 0.6) is 0 Å². The van der Waals surface area contributed by atoms with E-state index in [4.69, 9.17) is 0 Å². The van der Waals surface area contributed by atoms with Gasteiger partial charge in [0.15, 0.2) is 11.6 Å². The molecule has 0 atom stereocenters. The summed E-state index contributed by atoms with van der Waals surface area (Å²) in [6.07, 6.45) is 2.21. The third-order valence-electron chi connectivity index (χ3n) is 2.14. The van der Waals surface area contributed by atoms with Gasteiger partial charge in [-0.15, -0.1) is 0 Å². The topological polar surface area (TPSA) is 30.0 Å². The molecular formula is C12H7F2NO. The van der Waals surface area contributed by atoms with Gasteiger partial charge in [0.05, 0.1) is 17.3 Å². The minimum absolute atomic E-state index is 0.146. The number of benzene rings is 1. The van der Waals surface area contributed by atoms with Crippen LogP contribution in [0.15, 0.2) is 42.7 Å². The molecule has 2 rings (SSSR count). The molecule has 0 unspecified atom stereocenters. The molecule has 0 saturated carbocycles. The largest absolute Gasteiger partial charge is 0.288 e. The number of rotatable bonds is 2. The van der Waals surface area contributed by atoms with Gasteiger partial charge < -0.3 is 0 Å². The van der Waals surface area contributed by atoms with Crippen molar-refractivity contribution in [3.63, 3.8) is 0 Å². The van der Waals surface area contributed by atoms with Gasteiger partial charge in [-0.3, -0.25) is 9.78 Å². The molecule has 1 aromatic carbocycles. The van der Waals surface area contributed by atoms with Crippen molar-refractivity contribution < 1.29 is 13.6 Å². The van der Waals surface area contributed by atoms with Crippen molar-refractivity contribution in [2.75, 3.05) is 0 Å². The Morgan fingerprint density at radius 1 is 1.00 bits per heavy atom. The molecule has 80 valence electrons. The van der Waals surface area contributed by atoms with E-state index in [1.807, 2.05) is 0 Å². The first-order valence-electron chi connectivity index (χ1n) is 4.59. The Morgan fingerprint density at radius 2 is 1.69 bits per heavy atom. The van der Waals surface area contributed by atoms with E-state index in [1.165, 1.54) is 30.5 Å². The summed E-state index contributed by atoms with van der Waals surface area (Å²) in [6.45, 7) is 0. The average Bonchev–Trinajstić information content (AvgIpc) is 2.29. The lowest BCUT2D eigenvalue weighted by molar-refractivity contribution is 0.103. The van der Waals surface area contributed by atoms with Crippen LogP contribution < -0.4 is 0 Å². The Hall–Kier alpha value is -2.10. The third kappa shape index (κ3) is 1.82. The standard InChI is InChI=1S/C12H7F2NO/c13-10-4-2-1-3-8(10)12(16)9-5-6-15-7-11(9)14/h1-7H. The van der Waals surface area contributed by atoms with E-state index in [0.717, 1.165) is 12.3 Å². The van der Waals surface area contributed by atoms with Gasteiger partial charge in [0.25, 0.3) is 0 Å². The summed E-state index contributed by atoms with van der Waals surface area (Å²) in [5.74, 6) is -2.10. The Bertz CT molecular complexity index is 493. The lowest BCUT2D eigenvalue weighted by atomic mass is 10.0. The average molecular weight is 219 g/mol. The Kier molecular flexibility index (Phi) is 2.72.